The molecule has 1 saturated carbocycles. The minimum Gasteiger partial charge on any atom is -0.486 e. The smallest absolute Gasteiger partial charge is 0.312 e. The van der Waals surface area contributed by atoms with Gasteiger partial charge in [-0.1, -0.05) is 35.2 Å². The second-order valence-corrected chi connectivity index (χ2v) is 6.51. The Morgan fingerprint density at radius 1 is 1.43 bits per heavy atom. The first-order valence-corrected chi connectivity index (χ1v) is 8.07. The highest BCUT2D eigenvalue weighted by Crippen LogP contribution is 2.38. The second kappa shape index (κ2) is 7.22. The summed E-state index contributed by atoms with van der Waals surface area (Å²) in [5, 5.41) is 21.1. The lowest BCUT2D eigenvalue weighted by Crippen LogP contribution is -2.16. The molecular weight excluding hydrogens is 338 g/mol. The maximum absolute atomic E-state index is 11.2. The van der Waals surface area contributed by atoms with Crippen LogP contribution < -0.4 is 4.74 Å². The highest BCUT2D eigenvalue weighted by molar-refractivity contribution is 9.10. The van der Waals surface area contributed by atoms with E-state index >= 15 is 0 Å². The number of hydrogen-bond acceptors (Lipinski definition) is 4. The number of benzene rings is 1. The molecule has 21 heavy (non-hydrogen) atoms. The van der Waals surface area contributed by atoms with E-state index in [0.717, 1.165) is 12.8 Å². The third kappa shape index (κ3) is 4.17. The number of hydrogen-bond donors (Lipinski definition) is 1. The number of nitro groups is 1. The molecule has 0 saturated heterocycles. The van der Waals surface area contributed by atoms with Gasteiger partial charge < -0.3 is 9.84 Å². The van der Waals surface area contributed by atoms with Gasteiger partial charge in [-0.25, -0.2) is 0 Å². The van der Waals surface area contributed by atoms with Gasteiger partial charge in [0.2, 0.25) is 5.75 Å². The molecule has 0 bridgehead atoms. The standard InChI is InChI=1S/C15H20BrNO4/c1-10(18)13-7-12(16)8-14(17(19)20)15(13)21-9-11-5-3-2-4-6-11/h7-8,10-11,18H,2-6,9H2,1H3. The Bertz CT molecular complexity index is 513. The molecule has 1 unspecified atom stereocenters. The summed E-state index contributed by atoms with van der Waals surface area (Å²) in [7, 11) is 0. The van der Waals surface area contributed by atoms with Crippen molar-refractivity contribution in [3.05, 3.63) is 32.3 Å². The van der Waals surface area contributed by atoms with E-state index in [1.807, 2.05) is 0 Å². The Balaban J connectivity index is 2.24. The first-order valence-electron chi connectivity index (χ1n) is 7.27. The van der Waals surface area contributed by atoms with Crippen LogP contribution in [-0.4, -0.2) is 16.6 Å². The molecule has 1 aromatic carbocycles. The molecule has 5 nitrogen and oxygen atoms in total. The predicted molar refractivity (Wildman–Crippen MR) is 83.5 cm³/mol. The Kier molecular flexibility index (Phi) is 5.58. The Labute approximate surface area is 132 Å². The molecular formula is C15H20BrNO4. The van der Waals surface area contributed by atoms with E-state index in [1.165, 1.54) is 25.3 Å². The number of aliphatic hydroxyl groups excluding tert-OH is 1. The van der Waals surface area contributed by atoms with E-state index in [-0.39, 0.29) is 11.4 Å². The van der Waals surface area contributed by atoms with Gasteiger partial charge in [-0.05, 0) is 31.7 Å². The molecule has 0 heterocycles. The van der Waals surface area contributed by atoms with Crippen molar-refractivity contribution >= 4 is 21.6 Å². The molecule has 1 N–H and O–H groups in total. The van der Waals surface area contributed by atoms with Crippen LogP contribution in [-0.2, 0) is 0 Å². The molecule has 0 amide bonds. The molecule has 6 heteroatoms. The number of nitrogens with zero attached hydrogens (tertiary/aromatic N) is 1. The third-order valence-electron chi connectivity index (χ3n) is 3.90. The van der Waals surface area contributed by atoms with Crippen LogP contribution in [0, 0.1) is 16.0 Å². The zero-order valence-corrected chi connectivity index (χ0v) is 13.6. The fourth-order valence-electron chi connectivity index (χ4n) is 2.76. The largest absolute Gasteiger partial charge is 0.486 e. The Morgan fingerprint density at radius 3 is 2.67 bits per heavy atom. The van der Waals surface area contributed by atoms with E-state index < -0.39 is 11.0 Å². The maximum atomic E-state index is 11.2. The van der Waals surface area contributed by atoms with Crippen molar-refractivity contribution in [1.82, 2.24) is 0 Å². The molecule has 2 rings (SSSR count). The molecule has 0 aliphatic heterocycles. The van der Waals surface area contributed by atoms with E-state index in [1.54, 1.807) is 13.0 Å². The van der Waals surface area contributed by atoms with Crippen LogP contribution >= 0.6 is 15.9 Å². The first kappa shape index (κ1) is 16.2. The quantitative estimate of drug-likeness (QED) is 0.627. The Hall–Kier alpha value is -1.14. The van der Waals surface area contributed by atoms with Crippen LogP contribution in [0.25, 0.3) is 0 Å². The zero-order valence-electron chi connectivity index (χ0n) is 12.0. The molecule has 116 valence electrons. The normalized spacial score (nSPS) is 17.5. The lowest BCUT2D eigenvalue weighted by atomic mass is 9.90. The average Bonchev–Trinajstić information content (AvgIpc) is 2.46. The van der Waals surface area contributed by atoms with Gasteiger partial charge in [-0.15, -0.1) is 0 Å². The number of aliphatic hydroxyl groups is 1. The van der Waals surface area contributed by atoms with Crippen molar-refractivity contribution in [2.24, 2.45) is 5.92 Å². The van der Waals surface area contributed by atoms with Crippen LogP contribution in [0.3, 0.4) is 0 Å². The molecule has 1 aliphatic rings. The minimum atomic E-state index is -0.817. The number of halogens is 1. The zero-order chi connectivity index (χ0) is 15.4. The maximum Gasteiger partial charge on any atom is 0.312 e. The summed E-state index contributed by atoms with van der Waals surface area (Å²) in [5.41, 5.74) is 0.350. The summed E-state index contributed by atoms with van der Waals surface area (Å²) in [5.74, 6) is 0.646. The van der Waals surface area contributed by atoms with Gasteiger partial charge in [-0.2, -0.15) is 0 Å². The first-order chi connectivity index (χ1) is 9.99. The van der Waals surface area contributed by atoms with Crippen molar-refractivity contribution in [3.63, 3.8) is 0 Å². The summed E-state index contributed by atoms with van der Waals surface area (Å²) in [4.78, 5) is 10.8. The van der Waals surface area contributed by atoms with Crippen molar-refractivity contribution in [1.29, 1.82) is 0 Å². The van der Waals surface area contributed by atoms with Gasteiger partial charge in [0.25, 0.3) is 0 Å². The van der Waals surface area contributed by atoms with Crippen LogP contribution in [0.4, 0.5) is 5.69 Å². The average molecular weight is 358 g/mol. The molecule has 1 aliphatic carbocycles. The summed E-state index contributed by atoms with van der Waals surface area (Å²) in [6, 6.07) is 3.09. The SMILES string of the molecule is CC(O)c1cc(Br)cc([N+](=O)[O-])c1OCC1CCCCC1. The minimum absolute atomic E-state index is 0.101. The van der Waals surface area contributed by atoms with Crippen LogP contribution in [0.2, 0.25) is 0 Å². The summed E-state index contributed by atoms with van der Waals surface area (Å²) >= 11 is 3.24. The van der Waals surface area contributed by atoms with Gasteiger partial charge in [0.05, 0.1) is 17.6 Å². The van der Waals surface area contributed by atoms with Gasteiger partial charge >= 0.3 is 5.69 Å². The summed E-state index contributed by atoms with van der Waals surface area (Å²) in [6.07, 6.45) is 5.04. The second-order valence-electron chi connectivity index (χ2n) is 5.59. The van der Waals surface area contributed by atoms with Gasteiger partial charge in [0.15, 0.2) is 0 Å². The van der Waals surface area contributed by atoms with Gasteiger partial charge in [-0.3, -0.25) is 10.1 Å². The van der Waals surface area contributed by atoms with Gasteiger partial charge in [0, 0.05) is 16.1 Å². The Morgan fingerprint density at radius 2 is 2.10 bits per heavy atom. The van der Waals surface area contributed by atoms with E-state index in [4.69, 9.17) is 4.74 Å². The number of rotatable bonds is 5. The fraction of sp³-hybridized carbons (Fsp3) is 0.600. The number of ether oxygens (including phenoxy) is 1. The highest BCUT2D eigenvalue weighted by atomic mass is 79.9. The van der Waals surface area contributed by atoms with E-state index in [2.05, 4.69) is 15.9 Å². The monoisotopic (exact) mass is 357 g/mol. The van der Waals surface area contributed by atoms with Crippen molar-refractivity contribution in [3.8, 4) is 5.75 Å². The van der Waals surface area contributed by atoms with E-state index in [0.29, 0.717) is 22.6 Å². The van der Waals surface area contributed by atoms with Gasteiger partial charge in [0.1, 0.15) is 0 Å². The van der Waals surface area contributed by atoms with Crippen molar-refractivity contribution in [2.45, 2.75) is 45.1 Å². The molecule has 1 aromatic rings. The fourth-order valence-corrected chi connectivity index (χ4v) is 3.22. The molecule has 0 aromatic heterocycles. The van der Waals surface area contributed by atoms with Crippen molar-refractivity contribution < 1.29 is 14.8 Å². The van der Waals surface area contributed by atoms with Crippen molar-refractivity contribution in [2.75, 3.05) is 6.61 Å². The molecule has 0 spiro atoms. The lowest BCUT2D eigenvalue weighted by Gasteiger charge is -2.22. The summed E-state index contributed by atoms with van der Waals surface area (Å²) < 4.78 is 6.33. The lowest BCUT2D eigenvalue weighted by molar-refractivity contribution is -0.386. The highest BCUT2D eigenvalue weighted by Gasteiger charge is 2.24. The molecule has 0 radical (unpaired) electrons. The third-order valence-corrected chi connectivity index (χ3v) is 4.36. The topological polar surface area (TPSA) is 72.6 Å². The van der Waals surface area contributed by atoms with E-state index in [9.17, 15) is 15.2 Å². The van der Waals surface area contributed by atoms with Crippen LogP contribution in [0.5, 0.6) is 5.75 Å². The van der Waals surface area contributed by atoms with Crippen LogP contribution in [0.1, 0.15) is 50.7 Å². The number of nitro benzene ring substituents is 1. The predicted octanol–water partition coefficient (Wildman–Crippen LogP) is 4.37. The van der Waals surface area contributed by atoms with Crippen LogP contribution in [0.15, 0.2) is 16.6 Å². The summed E-state index contributed by atoms with van der Waals surface area (Å²) in [6.45, 7) is 2.06. The molecule has 1 fully saturated rings. The molecule has 1 atom stereocenters.